The van der Waals surface area contributed by atoms with Crippen molar-refractivity contribution < 1.29 is 23.5 Å². The summed E-state index contributed by atoms with van der Waals surface area (Å²) in [7, 11) is 0. The van der Waals surface area contributed by atoms with Crippen LogP contribution in [-0.2, 0) is 15.1 Å². The fourth-order valence-corrected chi connectivity index (χ4v) is 5.70. The minimum Gasteiger partial charge on any atom is -0.493 e. The largest absolute Gasteiger partial charge is 0.493 e. The Kier molecular flexibility index (Phi) is 4.85. The predicted octanol–water partition coefficient (Wildman–Crippen LogP) is 2.63. The molecule has 1 spiro atoms. The first-order chi connectivity index (χ1) is 15.0. The van der Waals surface area contributed by atoms with E-state index in [1.807, 2.05) is 0 Å². The Morgan fingerprint density at radius 2 is 1.97 bits per heavy atom. The lowest BCUT2D eigenvalue weighted by Gasteiger charge is -2.33. The van der Waals surface area contributed by atoms with Crippen LogP contribution in [0.15, 0.2) is 48.5 Å². The maximum Gasteiger partial charge on any atom is 0.325 e. The van der Waals surface area contributed by atoms with Gasteiger partial charge in [0.05, 0.1) is 6.61 Å². The van der Waals surface area contributed by atoms with Crippen molar-refractivity contribution in [1.82, 2.24) is 15.1 Å². The molecule has 0 saturated carbocycles. The number of urea groups is 1. The minimum absolute atomic E-state index is 0.281. The monoisotopic (exact) mass is 441 g/mol. The highest BCUT2D eigenvalue weighted by Gasteiger charge is 2.55. The average molecular weight is 441 g/mol. The van der Waals surface area contributed by atoms with Crippen molar-refractivity contribution in [3.05, 3.63) is 65.5 Å². The van der Waals surface area contributed by atoms with Gasteiger partial charge in [-0.25, -0.2) is 9.18 Å². The van der Waals surface area contributed by atoms with Gasteiger partial charge in [-0.05, 0) is 12.1 Å². The summed E-state index contributed by atoms with van der Waals surface area (Å²) >= 11 is 1.46. The third-order valence-corrected chi connectivity index (χ3v) is 7.18. The minimum atomic E-state index is -1.23. The van der Waals surface area contributed by atoms with E-state index in [4.69, 9.17) is 4.74 Å². The Morgan fingerprint density at radius 3 is 2.81 bits per heavy atom. The van der Waals surface area contributed by atoms with Crippen molar-refractivity contribution in [3.8, 4) is 5.75 Å². The molecule has 1 N–H and O–H groups in total. The van der Waals surface area contributed by atoms with Crippen LogP contribution in [0.5, 0.6) is 5.75 Å². The molecule has 2 saturated heterocycles. The first-order valence-electron chi connectivity index (χ1n) is 10.0. The van der Waals surface area contributed by atoms with Crippen molar-refractivity contribution in [2.75, 3.05) is 25.4 Å². The number of carbonyl (C=O) groups is 3. The van der Waals surface area contributed by atoms with E-state index in [0.717, 1.165) is 4.90 Å². The Morgan fingerprint density at radius 1 is 1.19 bits per heavy atom. The van der Waals surface area contributed by atoms with E-state index in [1.165, 1.54) is 22.7 Å². The first kappa shape index (κ1) is 19.9. The van der Waals surface area contributed by atoms with Gasteiger partial charge in [0.1, 0.15) is 23.5 Å². The van der Waals surface area contributed by atoms with Crippen LogP contribution >= 0.6 is 11.8 Å². The van der Waals surface area contributed by atoms with Crippen molar-refractivity contribution in [3.63, 3.8) is 0 Å². The van der Waals surface area contributed by atoms with E-state index < -0.39 is 22.9 Å². The zero-order chi connectivity index (χ0) is 21.6. The van der Waals surface area contributed by atoms with E-state index >= 15 is 0 Å². The molecule has 2 fully saturated rings. The van der Waals surface area contributed by atoms with Crippen LogP contribution in [0.25, 0.3) is 0 Å². The molecule has 3 aliphatic rings. The number of carbonyl (C=O) groups excluding carboxylic acids is 3. The van der Waals surface area contributed by atoms with Crippen LogP contribution in [0.2, 0.25) is 0 Å². The van der Waals surface area contributed by atoms with Crippen LogP contribution in [0.1, 0.15) is 22.9 Å². The van der Waals surface area contributed by atoms with Gasteiger partial charge < -0.3 is 15.0 Å². The summed E-state index contributed by atoms with van der Waals surface area (Å²) in [5, 5.41) is 2.32. The van der Waals surface area contributed by atoms with Crippen molar-refractivity contribution in [2.45, 2.75) is 17.3 Å². The van der Waals surface area contributed by atoms with E-state index in [1.54, 1.807) is 42.5 Å². The average Bonchev–Trinajstić information content (AvgIpc) is 3.34. The van der Waals surface area contributed by atoms with Crippen molar-refractivity contribution in [1.29, 1.82) is 0 Å². The standard InChI is InChI=1S/C22H20FN3O4S/c23-16-7-3-1-5-14(16)19-25(10-12-31-19)18(27)13-26-20(28)22(24-21(26)29)9-11-30-17-8-4-2-6-15(17)22/h1-8,19H,9-13H2,(H,24,29)/t19-,22-/m0/s1. The number of hydrogen-bond acceptors (Lipinski definition) is 5. The van der Waals surface area contributed by atoms with Gasteiger partial charge in [-0.1, -0.05) is 36.4 Å². The smallest absolute Gasteiger partial charge is 0.325 e. The fourth-order valence-electron chi connectivity index (χ4n) is 4.40. The number of amides is 4. The predicted molar refractivity (Wildman–Crippen MR) is 112 cm³/mol. The number of imide groups is 1. The zero-order valence-electron chi connectivity index (χ0n) is 16.5. The Balaban J connectivity index is 1.39. The second-order valence-corrected chi connectivity index (χ2v) is 8.84. The van der Waals surface area contributed by atoms with Gasteiger partial charge in [0, 0.05) is 29.8 Å². The van der Waals surface area contributed by atoms with E-state index in [0.29, 0.717) is 29.2 Å². The van der Waals surface area contributed by atoms with Gasteiger partial charge in [0.2, 0.25) is 5.91 Å². The lowest BCUT2D eigenvalue weighted by molar-refractivity contribution is -0.139. The zero-order valence-corrected chi connectivity index (χ0v) is 17.4. The Labute approximate surface area is 182 Å². The molecule has 2 atom stereocenters. The second-order valence-electron chi connectivity index (χ2n) is 7.65. The molecule has 31 heavy (non-hydrogen) atoms. The summed E-state index contributed by atoms with van der Waals surface area (Å²) < 4.78 is 19.9. The fraction of sp³-hybridized carbons (Fsp3) is 0.318. The van der Waals surface area contributed by atoms with Crippen molar-refractivity contribution in [2.24, 2.45) is 0 Å². The molecule has 0 aromatic heterocycles. The molecule has 4 amide bonds. The first-order valence-corrected chi connectivity index (χ1v) is 11.1. The van der Waals surface area contributed by atoms with Gasteiger partial charge in [-0.2, -0.15) is 0 Å². The number of thioether (sulfide) groups is 1. The van der Waals surface area contributed by atoms with Gasteiger partial charge in [-0.15, -0.1) is 11.8 Å². The normalized spacial score (nSPS) is 24.9. The third-order valence-electron chi connectivity index (χ3n) is 5.93. The van der Waals surface area contributed by atoms with Crippen molar-refractivity contribution >= 4 is 29.6 Å². The van der Waals surface area contributed by atoms with E-state index in [2.05, 4.69) is 5.32 Å². The van der Waals surface area contributed by atoms with Crippen LogP contribution in [0.4, 0.5) is 9.18 Å². The molecular weight excluding hydrogens is 421 g/mol. The molecule has 9 heteroatoms. The molecule has 0 radical (unpaired) electrons. The molecule has 0 bridgehead atoms. The van der Waals surface area contributed by atoms with Crippen LogP contribution in [-0.4, -0.2) is 53.1 Å². The second kappa shape index (κ2) is 7.56. The molecular formula is C22H20FN3O4S. The summed E-state index contributed by atoms with van der Waals surface area (Å²) in [5.41, 5.74) is -0.211. The SMILES string of the molecule is O=C1N[C@]2(CCOc3ccccc32)C(=O)N1CC(=O)N1CCS[C@H]1c1ccccc1F. The number of para-hydroxylation sites is 1. The quantitative estimate of drug-likeness (QED) is 0.741. The van der Waals surface area contributed by atoms with Crippen LogP contribution in [0.3, 0.4) is 0 Å². The number of ether oxygens (including phenoxy) is 1. The topological polar surface area (TPSA) is 79.0 Å². The Bertz CT molecular complexity index is 1080. The van der Waals surface area contributed by atoms with Gasteiger partial charge in [0.25, 0.3) is 5.91 Å². The molecule has 0 unspecified atom stereocenters. The molecule has 2 aromatic carbocycles. The summed E-state index contributed by atoms with van der Waals surface area (Å²) in [6, 6.07) is 12.8. The Hall–Kier alpha value is -3.07. The highest BCUT2D eigenvalue weighted by molar-refractivity contribution is 7.99. The third kappa shape index (κ3) is 3.15. The maximum atomic E-state index is 14.3. The molecule has 2 aromatic rings. The van der Waals surface area contributed by atoms with E-state index in [9.17, 15) is 18.8 Å². The molecule has 3 aliphatic heterocycles. The molecule has 160 valence electrons. The highest BCUT2D eigenvalue weighted by Crippen LogP contribution is 2.42. The maximum absolute atomic E-state index is 14.3. The molecule has 5 rings (SSSR count). The summed E-state index contributed by atoms with van der Waals surface area (Å²) in [5.74, 6) is -0.0341. The van der Waals surface area contributed by atoms with Gasteiger partial charge >= 0.3 is 6.03 Å². The van der Waals surface area contributed by atoms with Crippen LogP contribution in [0, 0.1) is 5.82 Å². The number of fused-ring (bicyclic) bond motifs is 2. The summed E-state index contributed by atoms with van der Waals surface area (Å²) in [4.78, 5) is 41.7. The highest BCUT2D eigenvalue weighted by atomic mass is 32.2. The molecule has 7 nitrogen and oxygen atoms in total. The van der Waals surface area contributed by atoms with Crippen LogP contribution < -0.4 is 10.1 Å². The lowest BCUT2D eigenvalue weighted by atomic mass is 9.84. The number of halogens is 1. The number of nitrogens with one attached hydrogen (secondary N) is 1. The lowest BCUT2D eigenvalue weighted by Crippen LogP contribution is -2.48. The number of hydrogen-bond donors (Lipinski definition) is 1. The molecule has 0 aliphatic carbocycles. The van der Waals surface area contributed by atoms with E-state index in [-0.39, 0.29) is 31.3 Å². The van der Waals surface area contributed by atoms with Gasteiger partial charge in [-0.3, -0.25) is 14.5 Å². The molecule has 3 heterocycles. The summed E-state index contributed by atoms with van der Waals surface area (Å²) in [6.07, 6.45) is 0.288. The number of benzene rings is 2. The number of nitrogens with zero attached hydrogens (tertiary/aromatic N) is 2. The summed E-state index contributed by atoms with van der Waals surface area (Å²) in [6.45, 7) is 0.317. The van der Waals surface area contributed by atoms with Gasteiger partial charge in [0.15, 0.2) is 5.54 Å². The number of rotatable bonds is 3.